The Kier molecular flexibility index (Phi) is 38.9. The van der Waals surface area contributed by atoms with E-state index in [0.717, 1.165) is 38.5 Å². The van der Waals surface area contributed by atoms with E-state index in [4.69, 9.17) is 18.5 Å². The summed E-state index contributed by atoms with van der Waals surface area (Å²) in [5.41, 5.74) is 0. The first-order chi connectivity index (χ1) is 25.3. The molecule has 2 N–H and O–H groups in total. The van der Waals surface area contributed by atoms with Crippen molar-refractivity contribution in [2.75, 3.05) is 33.4 Å². The maximum absolute atomic E-state index is 12.6. The zero-order valence-electron chi connectivity index (χ0n) is 34.3. The summed E-state index contributed by atoms with van der Waals surface area (Å²) in [4.78, 5) is 35.0. The van der Waals surface area contributed by atoms with Crippen LogP contribution in [0.4, 0.5) is 0 Å². The summed E-state index contributed by atoms with van der Waals surface area (Å²) in [5.74, 6) is -0.793. The van der Waals surface area contributed by atoms with Gasteiger partial charge in [0, 0.05) is 19.4 Å². The van der Waals surface area contributed by atoms with Crippen molar-refractivity contribution in [3.8, 4) is 0 Å². The number of hydrogen-bond acceptors (Lipinski definition) is 8. The Balaban J connectivity index is 4.12. The lowest BCUT2D eigenvalue weighted by molar-refractivity contribution is -0.161. The Morgan fingerprint density at radius 2 is 0.865 bits per heavy atom. The molecular formula is C42H84NO8P. The zero-order chi connectivity index (χ0) is 38.2. The van der Waals surface area contributed by atoms with E-state index in [1.165, 1.54) is 154 Å². The number of unbranched alkanes of at least 4 members (excludes halogenated alkanes) is 28. The van der Waals surface area contributed by atoms with Crippen LogP contribution in [0.1, 0.15) is 219 Å². The summed E-state index contributed by atoms with van der Waals surface area (Å²) in [6, 6.07) is 0. The smallest absolute Gasteiger partial charge is 0.462 e. The number of likely N-dealkylation sites (N-methyl/N-ethyl adjacent to an activating group) is 1. The number of esters is 2. The largest absolute Gasteiger partial charge is 0.472 e. The number of rotatable bonds is 42. The van der Waals surface area contributed by atoms with Crippen molar-refractivity contribution in [2.45, 2.75) is 225 Å². The molecule has 0 aliphatic carbocycles. The lowest BCUT2D eigenvalue weighted by atomic mass is 10.0. The molecule has 0 bridgehead atoms. The second-order valence-corrected chi connectivity index (χ2v) is 16.3. The number of carbonyl (C=O) groups excluding carboxylic acids is 2. The van der Waals surface area contributed by atoms with Gasteiger partial charge in [-0.3, -0.25) is 18.6 Å². The van der Waals surface area contributed by atoms with Gasteiger partial charge in [-0.1, -0.05) is 194 Å². The number of hydrogen-bond donors (Lipinski definition) is 2. The van der Waals surface area contributed by atoms with Crippen LogP contribution < -0.4 is 5.32 Å². The Morgan fingerprint density at radius 3 is 1.23 bits per heavy atom. The molecule has 0 saturated carbocycles. The molecule has 2 atom stereocenters. The Morgan fingerprint density at radius 1 is 0.519 bits per heavy atom. The molecule has 9 nitrogen and oxygen atoms in total. The van der Waals surface area contributed by atoms with E-state index >= 15 is 0 Å². The van der Waals surface area contributed by atoms with E-state index in [-0.39, 0.29) is 25.6 Å². The highest BCUT2D eigenvalue weighted by Crippen LogP contribution is 2.43. The quantitative estimate of drug-likeness (QED) is 0.0356. The van der Waals surface area contributed by atoms with Gasteiger partial charge in [0.1, 0.15) is 6.61 Å². The molecule has 0 radical (unpaired) electrons. The fraction of sp³-hybridized carbons (Fsp3) is 0.952. The van der Waals surface area contributed by atoms with Crippen LogP contribution in [0.15, 0.2) is 0 Å². The standard InChI is InChI=1S/C42H84NO8P/c1-4-6-8-10-12-14-16-17-18-19-20-21-22-23-25-27-29-31-33-35-42(45)51-40(39-50-52(46,47)49-37-36-43-3)38-48-41(44)34-32-30-28-26-24-15-13-11-9-7-5-2/h40,43H,4-39H2,1-3H3,(H,46,47). The molecule has 310 valence electrons. The molecule has 0 amide bonds. The van der Waals surface area contributed by atoms with Crippen molar-refractivity contribution in [3.05, 3.63) is 0 Å². The van der Waals surface area contributed by atoms with Crippen LogP contribution in [0, 0.1) is 0 Å². The normalized spacial score (nSPS) is 13.2. The summed E-state index contributed by atoms with van der Waals surface area (Å²) >= 11 is 0. The second kappa shape index (κ2) is 39.7. The van der Waals surface area contributed by atoms with Gasteiger partial charge in [0.25, 0.3) is 0 Å². The van der Waals surface area contributed by atoms with Gasteiger partial charge in [0.2, 0.25) is 0 Å². The molecule has 0 saturated heterocycles. The first kappa shape index (κ1) is 51.0. The Bertz CT molecular complexity index is 830. The summed E-state index contributed by atoms with van der Waals surface area (Å²) in [7, 11) is -2.64. The highest BCUT2D eigenvalue weighted by molar-refractivity contribution is 7.47. The fourth-order valence-electron chi connectivity index (χ4n) is 6.38. The second-order valence-electron chi connectivity index (χ2n) is 14.9. The summed E-state index contributed by atoms with van der Waals surface area (Å²) in [6.45, 7) is 4.25. The van der Waals surface area contributed by atoms with E-state index in [2.05, 4.69) is 19.2 Å². The SMILES string of the molecule is CCCCCCCCCCCCCCCCCCCCCC(=O)OC(COC(=O)CCCCCCCCCCCCC)COP(=O)(O)OCCNC. The first-order valence-electron chi connectivity index (χ1n) is 22.0. The third kappa shape index (κ3) is 38.7. The van der Waals surface area contributed by atoms with Gasteiger partial charge in [-0.15, -0.1) is 0 Å². The van der Waals surface area contributed by atoms with Crippen LogP contribution in [-0.4, -0.2) is 56.3 Å². The molecule has 0 heterocycles. The van der Waals surface area contributed by atoms with Gasteiger partial charge in [-0.05, 0) is 19.9 Å². The van der Waals surface area contributed by atoms with Gasteiger partial charge in [0.15, 0.2) is 6.10 Å². The molecule has 10 heteroatoms. The minimum absolute atomic E-state index is 0.0118. The number of nitrogens with one attached hydrogen (secondary N) is 1. The van der Waals surface area contributed by atoms with E-state index < -0.39 is 26.5 Å². The topological polar surface area (TPSA) is 120 Å². The van der Waals surface area contributed by atoms with Crippen LogP contribution in [0.25, 0.3) is 0 Å². The third-order valence-electron chi connectivity index (χ3n) is 9.73. The molecule has 0 aromatic carbocycles. The molecular weight excluding hydrogens is 677 g/mol. The predicted octanol–water partition coefficient (Wildman–Crippen LogP) is 12.3. The van der Waals surface area contributed by atoms with E-state index in [1.807, 2.05) is 0 Å². The molecule has 0 aromatic rings. The Labute approximate surface area is 320 Å². The van der Waals surface area contributed by atoms with Gasteiger partial charge in [-0.2, -0.15) is 0 Å². The third-order valence-corrected chi connectivity index (χ3v) is 10.7. The minimum Gasteiger partial charge on any atom is -0.462 e. The summed E-state index contributed by atoms with van der Waals surface area (Å²) < 4.78 is 33.2. The molecule has 52 heavy (non-hydrogen) atoms. The van der Waals surface area contributed by atoms with Crippen molar-refractivity contribution < 1.29 is 37.6 Å². The Hall–Kier alpha value is -0.990. The van der Waals surface area contributed by atoms with E-state index in [1.54, 1.807) is 7.05 Å². The molecule has 0 aliphatic rings. The first-order valence-corrected chi connectivity index (χ1v) is 23.5. The lowest BCUT2D eigenvalue weighted by Gasteiger charge is -2.20. The van der Waals surface area contributed by atoms with Crippen LogP contribution in [0.5, 0.6) is 0 Å². The molecule has 2 unspecified atom stereocenters. The van der Waals surface area contributed by atoms with Crippen molar-refractivity contribution in [3.63, 3.8) is 0 Å². The lowest BCUT2D eigenvalue weighted by Crippen LogP contribution is -2.29. The molecule has 0 fully saturated rings. The van der Waals surface area contributed by atoms with Gasteiger partial charge >= 0.3 is 19.8 Å². The van der Waals surface area contributed by atoms with Gasteiger partial charge in [-0.25, -0.2) is 4.57 Å². The van der Waals surface area contributed by atoms with E-state index in [0.29, 0.717) is 13.0 Å². The number of phosphoric acid groups is 1. The molecule has 0 spiro atoms. The predicted molar refractivity (Wildman–Crippen MR) is 216 cm³/mol. The maximum atomic E-state index is 12.6. The van der Waals surface area contributed by atoms with Crippen LogP contribution in [0.2, 0.25) is 0 Å². The molecule has 0 rings (SSSR count). The summed E-state index contributed by atoms with van der Waals surface area (Å²) in [5, 5.41) is 2.82. The van der Waals surface area contributed by atoms with Crippen molar-refractivity contribution in [1.82, 2.24) is 5.32 Å². The average molecular weight is 762 g/mol. The van der Waals surface area contributed by atoms with Crippen molar-refractivity contribution in [1.29, 1.82) is 0 Å². The number of carbonyl (C=O) groups is 2. The van der Waals surface area contributed by atoms with Gasteiger partial charge in [0.05, 0.1) is 13.2 Å². The van der Waals surface area contributed by atoms with Gasteiger partial charge < -0.3 is 19.7 Å². The highest BCUT2D eigenvalue weighted by atomic mass is 31.2. The highest BCUT2D eigenvalue weighted by Gasteiger charge is 2.26. The van der Waals surface area contributed by atoms with E-state index in [9.17, 15) is 19.0 Å². The number of ether oxygens (including phenoxy) is 2. The molecule has 0 aromatic heterocycles. The summed E-state index contributed by atoms with van der Waals surface area (Å²) in [6.07, 6.45) is 37.2. The fourth-order valence-corrected chi connectivity index (χ4v) is 7.13. The van der Waals surface area contributed by atoms with Crippen molar-refractivity contribution in [2.24, 2.45) is 0 Å². The van der Waals surface area contributed by atoms with Crippen LogP contribution in [0.3, 0.4) is 0 Å². The zero-order valence-corrected chi connectivity index (χ0v) is 35.2. The van der Waals surface area contributed by atoms with Crippen molar-refractivity contribution >= 4 is 19.8 Å². The minimum atomic E-state index is -4.34. The maximum Gasteiger partial charge on any atom is 0.472 e. The number of phosphoric ester groups is 1. The van der Waals surface area contributed by atoms with Crippen LogP contribution in [-0.2, 0) is 32.7 Å². The van der Waals surface area contributed by atoms with Crippen LogP contribution >= 0.6 is 7.82 Å². The average Bonchev–Trinajstić information content (AvgIpc) is 3.12. The monoisotopic (exact) mass is 762 g/mol. The molecule has 0 aliphatic heterocycles.